The highest BCUT2D eigenvalue weighted by Gasteiger charge is 2.09. The van der Waals surface area contributed by atoms with Gasteiger partial charge in [0.15, 0.2) is 0 Å². The summed E-state index contributed by atoms with van der Waals surface area (Å²) in [5.41, 5.74) is 10.4. The van der Waals surface area contributed by atoms with Crippen molar-refractivity contribution in [3.63, 3.8) is 0 Å². The summed E-state index contributed by atoms with van der Waals surface area (Å²) in [6.45, 7) is 0.604. The number of nitrogens with two attached hydrogens (primary N) is 2. The van der Waals surface area contributed by atoms with Crippen LogP contribution < -0.4 is 11.5 Å². The maximum atomic E-state index is 10.1. The molecule has 0 heterocycles. The topological polar surface area (TPSA) is 150 Å². The monoisotopic (exact) mass is 228 g/mol. The Kier molecular flexibility index (Phi) is 12.4. The maximum absolute atomic E-state index is 10.1. The van der Waals surface area contributed by atoms with E-state index in [2.05, 4.69) is 0 Å². The fourth-order valence-corrected chi connectivity index (χ4v) is 0.632. The van der Waals surface area contributed by atoms with Crippen LogP contribution in [-0.4, -0.2) is 38.3 Å². The number of unbranched alkanes of at least 4 members (excludes halogenated alkanes) is 1. The summed E-state index contributed by atoms with van der Waals surface area (Å²) in [5, 5.41) is 8.33. The third-order valence-corrected chi connectivity index (χ3v) is 1.29. The standard InChI is InChI=1S/C6H14N2O2.H3O3P/c7-4-2-1-3-5(8)6(9)10;1-4(2)3/h5H,1-4,7-8H2,(H,9,10);1-3H/t5-;/m0./s1. The first-order chi connectivity index (χ1) is 6.41. The Morgan fingerprint density at radius 2 is 1.71 bits per heavy atom. The quantitative estimate of drug-likeness (QED) is 0.253. The summed E-state index contributed by atoms with van der Waals surface area (Å²) in [6.07, 6.45) is 2.16. The molecule has 0 amide bonds. The highest BCUT2D eigenvalue weighted by Crippen LogP contribution is 2.11. The zero-order chi connectivity index (χ0) is 11.6. The van der Waals surface area contributed by atoms with Crippen molar-refractivity contribution < 1.29 is 24.6 Å². The van der Waals surface area contributed by atoms with Gasteiger partial charge in [-0.2, -0.15) is 0 Å². The van der Waals surface area contributed by atoms with Crippen molar-refractivity contribution in [1.29, 1.82) is 0 Å². The molecule has 0 rings (SSSR count). The lowest BCUT2D eigenvalue weighted by molar-refractivity contribution is -0.138. The van der Waals surface area contributed by atoms with Gasteiger partial charge in [0.05, 0.1) is 0 Å². The van der Waals surface area contributed by atoms with E-state index >= 15 is 0 Å². The van der Waals surface area contributed by atoms with E-state index in [9.17, 15) is 4.79 Å². The fraction of sp³-hybridized carbons (Fsp3) is 0.833. The molecule has 0 fully saturated rings. The Morgan fingerprint density at radius 1 is 1.29 bits per heavy atom. The molecule has 0 aromatic carbocycles. The van der Waals surface area contributed by atoms with Crippen molar-refractivity contribution in [2.75, 3.05) is 6.54 Å². The average Bonchev–Trinajstić information content (AvgIpc) is 2.03. The van der Waals surface area contributed by atoms with Crippen LogP contribution in [0.1, 0.15) is 19.3 Å². The molecule has 0 aliphatic carbocycles. The minimum absolute atomic E-state index is 0.520. The number of aliphatic carboxylic acids is 1. The predicted octanol–water partition coefficient (Wildman–Crippen LogP) is -1.28. The maximum Gasteiger partial charge on any atom is 0.324 e. The molecule has 0 unspecified atom stereocenters. The van der Waals surface area contributed by atoms with Gasteiger partial charge in [-0.3, -0.25) is 4.79 Å². The van der Waals surface area contributed by atoms with Crippen molar-refractivity contribution in [2.45, 2.75) is 25.3 Å². The molecular formula is C6H17N2O5P. The molecule has 0 aromatic rings. The van der Waals surface area contributed by atoms with E-state index in [0.29, 0.717) is 13.0 Å². The minimum atomic E-state index is -2.62. The summed E-state index contributed by atoms with van der Waals surface area (Å²) in [5.74, 6) is -0.933. The molecule has 0 aromatic heterocycles. The minimum Gasteiger partial charge on any atom is -0.480 e. The van der Waals surface area contributed by atoms with Gasteiger partial charge in [0.1, 0.15) is 6.04 Å². The van der Waals surface area contributed by atoms with Gasteiger partial charge in [-0.05, 0) is 19.4 Å². The lowest BCUT2D eigenvalue weighted by atomic mass is 10.1. The molecule has 1 atom stereocenters. The Bertz CT molecular complexity index is 143. The predicted molar refractivity (Wildman–Crippen MR) is 52.1 cm³/mol. The third kappa shape index (κ3) is 17.7. The molecule has 0 saturated carbocycles. The van der Waals surface area contributed by atoms with E-state index in [1.807, 2.05) is 0 Å². The highest BCUT2D eigenvalue weighted by atomic mass is 31.2. The molecule has 7 nitrogen and oxygen atoms in total. The number of carbonyl (C=O) groups is 1. The Hall–Kier alpha value is -0.300. The van der Waals surface area contributed by atoms with Gasteiger partial charge < -0.3 is 31.3 Å². The summed E-state index contributed by atoms with van der Waals surface area (Å²) < 4.78 is 0. The van der Waals surface area contributed by atoms with Gasteiger partial charge in [0.25, 0.3) is 0 Å². The SMILES string of the molecule is NCCCC[C@H](N)C(=O)O.OP(O)O. The fourth-order valence-electron chi connectivity index (χ4n) is 0.632. The second-order valence-corrected chi connectivity index (χ2v) is 3.03. The van der Waals surface area contributed by atoms with Crippen LogP contribution in [0.2, 0.25) is 0 Å². The van der Waals surface area contributed by atoms with E-state index in [1.165, 1.54) is 0 Å². The first-order valence-electron chi connectivity index (χ1n) is 3.97. The van der Waals surface area contributed by atoms with Crippen molar-refractivity contribution in [3.8, 4) is 0 Å². The van der Waals surface area contributed by atoms with Crippen molar-refractivity contribution in [1.82, 2.24) is 0 Å². The summed E-state index contributed by atoms with van der Waals surface area (Å²) in [4.78, 5) is 31.8. The Morgan fingerprint density at radius 3 is 2.00 bits per heavy atom. The normalized spacial score (nSPS) is 11.9. The van der Waals surface area contributed by atoms with Crippen LogP contribution in [0.15, 0.2) is 0 Å². The molecule has 8 N–H and O–H groups in total. The lowest BCUT2D eigenvalue weighted by Gasteiger charge is -2.03. The van der Waals surface area contributed by atoms with E-state index in [-0.39, 0.29) is 0 Å². The Labute approximate surface area is 83.3 Å². The highest BCUT2D eigenvalue weighted by molar-refractivity contribution is 7.38. The average molecular weight is 228 g/mol. The van der Waals surface area contributed by atoms with Crippen molar-refractivity contribution in [2.24, 2.45) is 11.5 Å². The molecule has 8 heteroatoms. The van der Waals surface area contributed by atoms with Crippen molar-refractivity contribution in [3.05, 3.63) is 0 Å². The summed E-state index contributed by atoms with van der Waals surface area (Å²) >= 11 is 0. The molecule has 0 aliphatic rings. The zero-order valence-corrected chi connectivity index (χ0v) is 8.60. The molecule has 14 heavy (non-hydrogen) atoms. The van der Waals surface area contributed by atoms with Gasteiger partial charge >= 0.3 is 14.6 Å². The van der Waals surface area contributed by atoms with Gasteiger partial charge in [0.2, 0.25) is 0 Å². The molecule has 0 saturated heterocycles. The summed E-state index contributed by atoms with van der Waals surface area (Å²) in [6, 6.07) is -0.716. The smallest absolute Gasteiger partial charge is 0.324 e. The van der Waals surface area contributed by atoms with Crippen LogP contribution in [0, 0.1) is 0 Å². The number of carboxylic acids is 1. The van der Waals surface area contributed by atoms with Crippen LogP contribution in [0.3, 0.4) is 0 Å². The van der Waals surface area contributed by atoms with E-state index in [1.54, 1.807) is 0 Å². The van der Waals surface area contributed by atoms with Crippen LogP contribution in [0.5, 0.6) is 0 Å². The second kappa shape index (κ2) is 10.8. The van der Waals surface area contributed by atoms with Crippen molar-refractivity contribution >= 4 is 14.6 Å². The van der Waals surface area contributed by atoms with Gasteiger partial charge in [-0.25, -0.2) is 0 Å². The van der Waals surface area contributed by atoms with Gasteiger partial charge in [0, 0.05) is 0 Å². The lowest BCUT2D eigenvalue weighted by Crippen LogP contribution is -2.29. The van der Waals surface area contributed by atoms with Crippen LogP contribution in [0.25, 0.3) is 0 Å². The molecule has 0 bridgehead atoms. The van der Waals surface area contributed by atoms with E-state index < -0.39 is 20.6 Å². The number of hydrogen-bond donors (Lipinski definition) is 6. The molecule has 0 radical (unpaired) electrons. The van der Waals surface area contributed by atoms with Gasteiger partial charge in [-0.15, -0.1) is 0 Å². The second-order valence-electron chi connectivity index (χ2n) is 2.50. The number of hydrogen-bond acceptors (Lipinski definition) is 6. The van der Waals surface area contributed by atoms with Gasteiger partial charge in [-0.1, -0.05) is 6.42 Å². The van der Waals surface area contributed by atoms with Crippen LogP contribution in [0.4, 0.5) is 0 Å². The molecule has 0 spiro atoms. The van der Waals surface area contributed by atoms with Crippen LogP contribution in [-0.2, 0) is 4.79 Å². The first kappa shape index (κ1) is 16.1. The Balaban J connectivity index is 0. The summed E-state index contributed by atoms with van der Waals surface area (Å²) in [7, 11) is -2.62. The largest absolute Gasteiger partial charge is 0.480 e. The molecule has 0 aliphatic heterocycles. The molecular weight excluding hydrogens is 211 g/mol. The zero-order valence-electron chi connectivity index (χ0n) is 7.70. The van der Waals surface area contributed by atoms with Crippen LogP contribution >= 0.6 is 8.60 Å². The number of carboxylic acid groups (broad SMARTS) is 1. The van der Waals surface area contributed by atoms with E-state index in [0.717, 1.165) is 12.8 Å². The van der Waals surface area contributed by atoms with E-state index in [4.69, 9.17) is 31.3 Å². The first-order valence-corrected chi connectivity index (χ1v) is 5.17. The third-order valence-electron chi connectivity index (χ3n) is 1.29. The molecule has 86 valence electrons. The number of rotatable bonds is 5.